The first-order chi connectivity index (χ1) is 13.8. The first kappa shape index (κ1) is 23.6. The number of rotatable bonds is 7. The normalized spacial score (nSPS) is 11.8. The number of carbonyl (C=O) groups excluding carboxylic acids is 2. The number of benzene rings is 2. The van der Waals surface area contributed by atoms with E-state index in [4.69, 9.17) is 11.6 Å². The Morgan fingerprint density at radius 2 is 1.80 bits per heavy atom. The number of alkyl halides is 3. The van der Waals surface area contributed by atoms with Crippen molar-refractivity contribution >= 4 is 39.0 Å². The van der Waals surface area contributed by atoms with Gasteiger partial charge in [-0.3, -0.25) is 13.9 Å². The van der Waals surface area contributed by atoms with Crippen molar-refractivity contribution in [3.8, 4) is 0 Å². The number of sulfonamides is 1. The van der Waals surface area contributed by atoms with Crippen LogP contribution in [0.2, 0.25) is 5.02 Å². The minimum Gasteiger partial charge on any atom is -0.341 e. The number of nitrogens with zero attached hydrogens (tertiary/aromatic N) is 1. The van der Waals surface area contributed by atoms with E-state index in [1.165, 1.54) is 29.6 Å². The van der Waals surface area contributed by atoms with Gasteiger partial charge in [-0.25, -0.2) is 12.8 Å². The quantitative estimate of drug-likeness (QED) is 0.501. The van der Waals surface area contributed by atoms with Crippen LogP contribution >= 0.6 is 11.6 Å². The third kappa shape index (κ3) is 6.17. The fraction of sp³-hybridized carbons (Fsp3) is 0.222. The highest BCUT2D eigenvalue weighted by molar-refractivity contribution is 7.92. The number of nitrogens with one attached hydrogen (secondary N) is 1. The number of carbonyl (C=O) groups is 2. The molecule has 30 heavy (non-hydrogen) atoms. The van der Waals surface area contributed by atoms with E-state index in [0.717, 1.165) is 28.8 Å². The first-order valence-electron chi connectivity index (χ1n) is 8.19. The fourth-order valence-electron chi connectivity index (χ4n) is 2.40. The Bertz CT molecular complexity index is 1070. The summed E-state index contributed by atoms with van der Waals surface area (Å²) < 4.78 is 76.1. The fourth-order valence-corrected chi connectivity index (χ4v) is 3.45. The van der Waals surface area contributed by atoms with Crippen LogP contribution < -0.4 is 9.62 Å². The molecule has 1 amide bonds. The Morgan fingerprint density at radius 1 is 1.13 bits per heavy atom. The molecular weight excluding hydrogens is 452 g/mol. The molecule has 0 saturated carbocycles. The van der Waals surface area contributed by atoms with E-state index in [9.17, 15) is 35.6 Å². The van der Waals surface area contributed by atoms with Crippen molar-refractivity contribution in [2.75, 3.05) is 17.1 Å². The van der Waals surface area contributed by atoms with Crippen molar-refractivity contribution in [3.05, 3.63) is 64.4 Å². The molecule has 12 heteroatoms. The molecule has 0 aliphatic heterocycles. The van der Waals surface area contributed by atoms with Gasteiger partial charge in [-0.15, -0.1) is 0 Å². The lowest BCUT2D eigenvalue weighted by Gasteiger charge is -2.23. The van der Waals surface area contributed by atoms with Gasteiger partial charge in [0.05, 0.1) is 25.0 Å². The Balaban J connectivity index is 2.21. The van der Waals surface area contributed by atoms with Crippen LogP contribution in [-0.2, 0) is 21.4 Å². The molecule has 2 aromatic rings. The van der Waals surface area contributed by atoms with Crippen LogP contribution in [0.3, 0.4) is 0 Å². The number of ketones is 1. The summed E-state index contributed by atoms with van der Waals surface area (Å²) in [7, 11) is -3.82. The van der Waals surface area contributed by atoms with Gasteiger partial charge >= 0.3 is 12.1 Å². The number of hydrogen-bond donors (Lipinski definition) is 1. The molecule has 0 heterocycles. The average molecular weight is 467 g/mol. The van der Waals surface area contributed by atoms with Crippen LogP contribution in [0, 0.1) is 5.82 Å². The van der Waals surface area contributed by atoms with Crippen molar-refractivity contribution in [2.45, 2.75) is 12.7 Å². The largest absolute Gasteiger partial charge is 0.471 e. The first-order valence-corrected chi connectivity index (χ1v) is 10.4. The van der Waals surface area contributed by atoms with Gasteiger partial charge in [0.2, 0.25) is 10.0 Å². The smallest absolute Gasteiger partial charge is 0.341 e. The summed E-state index contributed by atoms with van der Waals surface area (Å²) in [6.07, 6.45) is -4.22. The topological polar surface area (TPSA) is 83.6 Å². The number of Topliss-reactive ketones (excluding diaryl/α,β-unsaturated/α-hetero) is 1. The molecule has 6 nitrogen and oxygen atoms in total. The third-order valence-electron chi connectivity index (χ3n) is 3.85. The molecule has 0 bridgehead atoms. The number of halogens is 5. The molecule has 0 fully saturated rings. The van der Waals surface area contributed by atoms with Gasteiger partial charge in [0.25, 0.3) is 0 Å². The summed E-state index contributed by atoms with van der Waals surface area (Å²) in [5.41, 5.74) is -0.178. The van der Waals surface area contributed by atoms with Gasteiger partial charge in [-0.2, -0.15) is 13.2 Å². The van der Waals surface area contributed by atoms with Crippen molar-refractivity contribution in [1.82, 2.24) is 5.32 Å². The van der Waals surface area contributed by atoms with Gasteiger partial charge < -0.3 is 5.32 Å². The number of hydrogen-bond acceptors (Lipinski definition) is 4. The maximum absolute atomic E-state index is 14.5. The molecule has 162 valence electrons. The maximum Gasteiger partial charge on any atom is 0.471 e. The lowest BCUT2D eigenvalue weighted by Crippen LogP contribution is -2.39. The van der Waals surface area contributed by atoms with E-state index in [0.29, 0.717) is 0 Å². The molecule has 0 saturated heterocycles. The lowest BCUT2D eigenvalue weighted by atomic mass is 10.1. The molecule has 0 radical (unpaired) electrons. The minimum atomic E-state index is -5.15. The summed E-state index contributed by atoms with van der Waals surface area (Å²) in [5, 5.41) is 1.66. The summed E-state index contributed by atoms with van der Waals surface area (Å²) in [5.74, 6) is -4.19. The summed E-state index contributed by atoms with van der Waals surface area (Å²) in [6.45, 7) is -1.39. The van der Waals surface area contributed by atoms with Gasteiger partial charge in [0, 0.05) is 16.1 Å². The second-order valence-electron chi connectivity index (χ2n) is 6.16. The Kier molecular flexibility index (Phi) is 7.09. The number of amides is 1. The van der Waals surface area contributed by atoms with Crippen LogP contribution in [0.1, 0.15) is 15.9 Å². The molecule has 0 aliphatic carbocycles. The SMILES string of the molecule is CS(=O)(=O)N(Cc1ccc(C(=O)CNC(=O)C(F)(F)F)cc1F)c1cccc(Cl)c1. The molecule has 2 aromatic carbocycles. The molecular formula is C18H15ClF4N2O4S. The van der Waals surface area contributed by atoms with Crippen LogP contribution in [0.15, 0.2) is 42.5 Å². The highest BCUT2D eigenvalue weighted by Gasteiger charge is 2.38. The Morgan fingerprint density at radius 3 is 2.33 bits per heavy atom. The second kappa shape index (κ2) is 9.00. The lowest BCUT2D eigenvalue weighted by molar-refractivity contribution is -0.173. The highest BCUT2D eigenvalue weighted by atomic mass is 35.5. The Hall–Kier alpha value is -2.66. The monoisotopic (exact) mass is 466 g/mol. The zero-order valence-electron chi connectivity index (χ0n) is 15.3. The van der Waals surface area contributed by atoms with Crippen LogP contribution in [-0.4, -0.2) is 39.1 Å². The molecule has 0 spiro atoms. The second-order valence-corrected chi connectivity index (χ2v) is 8.50. The van der Waals surface area contributed by atoms with Crippen LogP contribution in [0.5, 0.6) is 0 Å². The van der Waals surface area contributed by atoms with Gasteiger partial charge in [-0.05, 0) is 24.3 Å². The van der Waals surface area contributed by atoms with Crippen molar-refractivity contribution in [3.63, 3.8) is 0 Å². The van der Waals surface area contributed by atoms with E-state index >= 15 is 0 Å². The van der Waals surface area contributed by atoms with Gasteiger partial charge in [0.1, 0.15) is 5.82 Å². The predicted molar refractivity (Wildman–Crippen MR) is 102 cm³/mol. The van der Waals surface area contributed by atoms with Crippen molar-refractivity contribution in [1.29, 1.82) is 0 Å². The molecule has 0 atom stereocenters. The van der Waals surface area contributed by atoms with E-state index in [1.54, 1.807) is 0 Å². The molecule has 0 aliphatic rings. The average Bonchev–Trinajstić information content (AvgIpc) is 2.62. The summed E-state index contributed by atoms with van der Waals surface area (Å²) in [4.78, 5) is 22.7. The molecule has 1 N–H and O–H groups in total. The third-order valence-corrected chi connectivity index (χ3v) is 5.23. The molecule has 0 aromatic heterocycles. The van der Waals surface area contributed by atoms with Crippen molar-refractivity contribution in [2.24, 2.45) is 0 Å². The predicted octanol–water partition coefficient (Wildman–Crippen LogP) is 3.31. The number of anilines is 1. The maximum atomic E-state index is 14.5. The minimum absolute atomic E-state index is 0.0868. The van der Waals surface area contributed by atoms with Gasteiger partial charge in [-0.1, -0.05) is 29.8 Å². The van der Waals surface area contributed by atoms with E-state index in [1.807, 2.05) is 0 Å². The Labute approximate surface area is 174 Å². The van der Waals surface area contributed by atoms with E-state index in [2.05, 4.69) is 0 Å². The van der Waals surface area contributed by atoms with Crippen LogP contribution in [0.4, 0.5) is 23.2 Å². The zero-order chi connectivity index (χ0) is 22.7. The van der Waals surface area contributed by atoms with Crippen LogP contribution in [0.25, 0.3) is 0 Å². The highest BCUT2D eigenvalue weighted by Crippen LogP contribution is 2.25. The standard InChI is InChI=1S/C18H15ClF4N2O4S/c1-30(28,29)25(14-4-2-3-13(19)8-14)10-12-6-5-11(7-15(12)20)16(26)9-24-17(27)18(21,22)23/h2-8H,9-10H2,1H3,(H,24,27). The van der Waals surface area contributed by atoms with Crippen molar-refractivity contribution < 1.29 is 35.6 Å². The van der Waals surface area contributed by atoms with E-state index in [-0.39, 0.29) is 21.8 Å². The summed E-state index contributed by atoms with van der Waals surface area (Å²) >= 11 is 5.88. The summed E-state index contributed by atoms with van der Waals surface area (Å²) in [6, 6.07) is 8.91. The molecule has 0 unspecified atom stereocenters. The van der Waals surface area contributed by atoms with E-state index < -0.39 is 46.8 Å². The molecule has 2 rings (SSSR count). The van der Waals surface area contributed by atoms with Gasteiger partial charge in [0.15, 0.2) is 5.78 Å². The zero-order valence-corrected chi connectivity index (χ0v) is 16.9.